The molecule has 76 valence electrons. The molecule has 13 heavy (non-hydrogen) atoms. The number of hydrogen-bond donors (Lipinski definition) is 0. The molecule has 0 aromatic carbocycles. The van der Waals surface area contributed by atoms with Gasteiger partial charge in [-0.1, -0.05) is 5.16 Å². The van der Waals surface area contributed by atoms with Crippen molar-refractivity contribution in [3.63, 3.8) is 0 Å². The first-order valence-electron chi connectivity index (χ1n) is 4.14. The normalized spacial score (nSPS) is 10.5. The van der Waals surface area contributed by atoms with E-state index in [4.69, 9.17) is 9.57 Å². The van der Waals surface area contributed by atoms with Crippen LogP contribution in [0.3, 0.4) is 0 Å². The molecule has 0 heterocycles. The molecule has 0 saturated carbocycles. The van der Waals surface area contributed by atoms with E-state index < -0.39 is 5.41 Å². The third kappa shape index (κ3) is 6.13. The van der Waals surface area contributed by atoms with Crippen LogP contribution < -0.4 is 0 Å². The smallest absolute Gasteiger partial charge is 0.314 e. The maximum atomic E-state index is 11.2. The van der Waals surface area contributed by atoms with Gasteiger partial charge in [-0.15, -0.1) is 0 Å². The zero-order valence-electron chi connectivity index (χ0n) is 8.88. The SMILES string of the molecule is CC(C)=NOCOC(=O)C(C)(C)C. The van der Waals surface area contributed by atoms with Gasteiger partial charge in [0.1, 0.15) is 0 Å². The summed E-state index contributed by atoms with van der Waals surface area (Å²) in [6.45, 7) is 8.81. The number of oxime groups is 1. The lowest BCUT2D eigenvalue weighted by Gasteiger charge is -2.15. The third-order valence-electron chi connectivity index (χ3n) is 1.10. The first kappa shape index (κ1) is 11.9. The van der Waals surface area contributed by atoms with Crippen LogP contribution in [0.25, 0.3) is 0 Å². The van der Waals surface area contributed by atoms with E-state index in [1.807, 2.05) is 0 Å². The first-order valence-corrected chi connectivity index (χ1v) is 4.14. The van der Waals surface area contributed by atoms with Crippen molar-refractivity contribution >= 4 is 11.7 Å². The fourth-order valence-corrected chi connectivity index (χ4v) is 0.452. The molecule has 0 aliphatic carbocycles. The van der Waals surface area contributed by atoms with Gasteiger partial charge in [-0.05, 0) is 34.6 Å². The predicted octanol–water partition coefficient (Wildman–Crippen LogP) is 1.95. The standard InChI is InChI=1S/C9H17NO3/c1-7(2)10-13-6-12-8(11)9(3,4)5/h6H2,1-5H3. The zero-order valence-corrected chi connectivity index (χ0v) is 8.88. The molecule has 0 atom stereocenters. The molecule has 0 aromatic heterocycles. The molecule has 0 radical (unpaired) electrons. The van der Waals surface area contributed by atoms with E-state index in [1.54, 1.807) is 34.6 Å². The Kier molecular flexibility index (Phi) is 4.45. The quantitative estimate of drug-likeness (QED) is 0.223. The molecule has 0 N–H and O–H groups in total. The molecule has 0 aliphatic rings. The highest BCUT2D eigenvalue weighted by atomic mass is 16.8. The number of carbonyl (C=O) groups excluding carboxylic acids is 1. The van der Waals surface area contributed by atoms with Crippen molar-refractivity contribution in [2.45, 2.75) is 34.6 Å². The van der Waals surface area contributed by atoms with Gasteiger partial charge in [0.2, 0.25) is 0 Å². The van der Waals surface area contributed by atoms with Gasteiger partial charge in [-0.3, -0.25) is 4.79 Å². The van der Waals surface area contributed by atoms with Crippen LogP contribution in [0.4, 0.5) is 0 Å². The van der Waals surface area contributed by atoms with Gasteiger partial charge in [0.25, 0.3) is 6.79 Å². The Morgan fingerprint density at radius 1 is 1.31 bits per heavy atom. The molecule has 0 spiro atoms. The third-order valence-corrected chi connectivity index (χ3v) is 1.10. The molecule has 0 rings (SSSR count). The van der Waals surface area contributed by atoms with Gasteiger partial charge in [0, 0.05) is 0 Å². The largest absolute Gasteiger partial charge is 0.425 e. The molecule has 4 heteroatoms. The summed E-state index contributed by atoms with van der Waals surface area (Å²) in [5, 5.41) is 3.62. The zero-order chi connectivity index (χ0) is 10.5. The highest BCUT2D eigenvalue weighted by molar-refractivity contribution is 5.78. The Morgan fingerprint density at radius 3 is 2.23 bits per heavy atom. The summed E-state index contributed by atoms with van der Waals surface area (Å²) < 4.78 is 4.79. The fourth-order valence-electron chi connectivity index (χ4n) is 0.452. The molecule has 0 aliphatic heterocycles. The molecule has 0 unspecified atom stereocenters. The van der Waals surface area contributed by atoms with Gasteiger partial charge in [-0.25, -0.2) is 0 Å². The molecule has 4 nitrogen and oxygen atoms in total. The van der Waals surface area contributed by atoms with Crippen LogP contribution in [-0.4, -0.2) is 18.5 Å². The lowest BCUT2D eigenvalue weighted by Crippen LogP contribution is -2.23. The van der Waals surface area contributed by atoms with Crippen LogP contribution in [0.15, 0.2) is 5.16 Å². The number of carbonyl (C=O) groups is 1. The van der Waals surface area contributed by atoms with E-state index in [9.17, 15) is 4.79 Å². The Balaban J connectivity index is 3.67. The number of hydrogen-bond acceptors (Lipinski definition) is 4. The Bertz CT molecular complexity index is 199. The van der Waals surface area contributed by atoms with Crippen LogP contribution in [0.5, 0.6) is 0 Å². The van der Waals surface area contributed by atoms with E-state index in [0.717, 1.165) is 5.71 Å². The van der Waals surface area contributed by atoms with Crippen molar-refractivity contribution in [1.29, 1.82) is 0 Å². The molecule has 0 amide bonds. The van der Waals surface area contributed by atoms with Gasteiger partial charge in [-0.2, -0.15) is 0 Å². The monoisotopic (exact) mass is 187 g/mol. The Labute approximate surface area is 78.9 Å². The van der Waals surface area contributed by atoms with Crippen LogP contribution in [0.1, 0.15) is 34.6 Å². The minimum absolute atomic E-state index is 0.124. The van der Waals surface area contributed by atoms with Gasteiger partial charge in [0.05, 0.1) is 11.1 Å². The number of esters is 1. The maximum absolute atomic E-state index is 11.2. The highest BCUT2D eigenvalue weighted by Crippen LogP contribution is 2.14. The van der Waals surface area contributed by atoms with Gasteiger partial charge >= 0.3 is 5.97 Å². The minimum Gasteiger partial charge on any atom is -0.425 e. The molecular weight excluding hydrogens is 170 g/mol. The van der Waals surface area contributed by atoms with Crippen molar-refractivity contribution in [1.82, 2.24) is 0 Å². The molecule has 0 fully saturated rings. The predicted molar refractivity (Wildman–Crippen MR) is 50.3 cm³/mol. The molecule has 0 aromatic rings. The van der Waals surface area contributed by atoms with Crippen molar-refractivity contribution in [3.8, 4) is 0 Å². The van der Waals surface area contributed by atoms with Crippen molar-refractivity contribution in [2.24, 2.45) is 10.6 Å². The van der Waals surface area contributed by atoms with Crippen LogP contribution in [0, 0.1) is 5.41 Å². The van der Waals surface area contributed by atoms with Crippen molar-refractivity contribution in [3.05, 3.63) is 0 Å². The summed E-state index contributed by atoms with van der Waals surface area (Å²) in [6.07, 6.45) is 0. The maximum Gasteiger partial charge on any atom is 0.314 e. The Hall–Kier alpha value is -1.06. The second-order valence-corrected chi connectivity index (χ2v) is 3.97. The average Bonchev–Trinajstić information content (AvgIpc) is 1.95. The summed E-state index contributed by atoms with van der Waals surface area (Å²) in [5.41, 5.74) is 0.292. The first-order chi connectivity index (χ1) is 5.84. The molecule has 0 bridgehead atoms. The highest BCUT2D eigenvalue weighted by Gasteiger charge is 2.22. The summed E-state index contributed by atoms with van der Waals surface area (Å²) in [4.78, 5) is 15.9. The van der Waals surface area contributed by atoms with Gasteiger partial charge in [0.15, 0.2) is 0 Å². The Morgan fingerprint density at radius 2 is 1.85 bits per heavy atom. The van der Waals surface area contributed by atoms with E-state index in [2.05, 4.69) is 5.16 Å². The topological polar surface area (TPSA) is 47.9 Å². The van der Waals surface area contributed by atoms with Crippen molar-refractivity contribution in [2.75, 3.05) is 6.79 Å². The van der Waals surface area contributed by atoms with E-state index in [0.29, 0.717) is 0 Å². The minimum atomic E-state index is -0.492. The number of rotatable bonds is 3. The summed E-state index contributed by atoms with van der Waals surface area (Å²) in [5.74, 6) is -0.295. The van der Waals surface area contributed by atoms with Crippen LogP contribution in [0.2, 0.25) is 0 Å². The van der Waals surface area contributed by atoms with Crippen LogP contribution >= 0.6 is 0 Å². The van der Waals surface area contributed by atoms with E-state index in [1.165, 1.54) is 0 Å². The number of nitrogens with zero attached hydrogens (tertiary/aromatic N) is 1. The van der Waals surface area contributed by atoms with E-state index >= 15 is 0 Å². The lowest BCUT2D eigenvalue weighted by molar-refractivity contribution is -0.165. The molecular formula is C9H17NO3. The van der Waals surface area contributed by atoms with Gasteiger partial charge < -0.3 is 9.57 Å². The summed E-state index contributed by atoms with van der Waals surface area (Å²) >= 11 is 0. The average molecular weight is 187 g/mol. The van der Waals surface area contributed by atoms with Crippen LogP contribution in [-0.2, 0) is 14.4 Å². The van der Waals surface area contributed by atoms with E-state index in [-0.39, 0.29) is 12.8 Å². The van der Waals surface area contributed by atoms with Crippen molar-refractivity contribution < 1.29 is 14.4 Å². The fraction of sp³-hybridized carbons (Fsp3) is 0.778. The summed E-state index contributed by atoms with van der Waals surface area (Å²) in [7, 11) is 0. The second kappa shape index (κ2) is 4.84. The summed E-state index contributed by atoms with van der Waals surface area (Å²) in [6, 6.07) is 0. The number of ether oxygens (including phenoxy) is 1. The second-order valence-electron chi connectivity index (χ2n) is 3.97. The lowest BCUT2D eigenvalue weighted by atomic mass is 9.98. The molecule has 0 saturated heterocycles.